The Kier molecular flexibility index (Phi) is 6.15. The SMILES string of the molecule is Cl.NC(CNC(=O)c1ccc([N+](=O)[O-])cc1I)C1CC1. The number of carbonyl (C=O) groups is 1. The maximum absolute atomic E-state index is 12.0. The molecule has 8 heteroatoms. The molecular weight excluding hydrogens is 397 g/mol. The number of amides is 1. The Morgan fingerprint density at radius 2 is 2.20 bits per heavy atom. The van der Waals surface area contributed by atoms with Crippen LogP contribution in [0.2, 0.25) is 0 Å². The molecule has 1 amide bonds. The topological polar surface area (TPSA) is 98.3 Å². The molecule has 1 aliphatic rings. The van der Waals surface area contributed by atoms with Crippen LogP contribution in [0.1, 0.15) is 23.2 Å². The van der Waals surface area contributed by atoms with Crippen LogP contribution in [0.3, 0.4) is 0 Å². The number of non-ortho nitro benzene ring substituents is 1. The Bertz CT molecular complexity index is 523. The van der Waals surface area contributed by atoms with E-state index in [4.69, 9.17) is 5.73 Å². The Hall–Kier alpha value is -0.930. The molecule has 6 nitrogen and oxygen atoms in total. The fourth-order valence-corrected chi connectivity index (χ4v) is 2.54. The molecule has 1 aromatic rings. The summed E-state index contributed by atoms with van der Waals surface area (Å²) in [5.74, 6) is 0.284. The number of halogens is 2. The van der Waals surface area contributed by atoms with Crippen LogP contribution < -0.4 is 11.1 Å². The zero-order chi connectivity index (χ0) is 14.0. The van der Waals surface area contributed by atoms with Crippen molar-refractivity contribution in [2.45, 2.75) is 18.9 Å². The second-order valence-electron chi connectivity index (χ2n) is 4.63. The number of nitro benzene ring substituents is 1. The van der Waals surface area contributed by atoms with E-state index in [0.717, 1.165) is 12.8 Å². The van der Waals surface area contributed by atoms with Crippen molar-refractivity contribution in [1.29, 1.82) is 0 Å². The lowest BCUT2D eigenvalue weighted by atomic mass is 10.1. The Morgan fingerprint density at radius 3 is 2.70 bits per heavy atom. The van der Waals surface area contributed by atoms with Crippen LogP contribution in [0.4, 0.5) is 5.69 Å². The summed E-state index contributed by atoms with van der Waals surface area (Å²) in [5.41, 5.74) is 6.32. The van der Waals surface area contributed by atoms with E-state index in [1.165, 1.54) is 18.2 Å². The number of hydrogen-bond donors (Lipinski definition) is 2. The highest BCUT2D eigenvalue weighted by molar-refractivity contribution is 14.1. The molecule has 0 bridgehead atoms. The second-order valence-corrected chi connectivity index (χ2v) is 5.79. The third-order valence-electron chi connectivity index (χ3n) is 3.13. The van der Waals surface area contributed by atoms with E-state index in [2.05, 4.69) is 5.32 Å². The summed E-state index contributed by atoms with van der Waals surface area (Å²) in [6.07, 6.45) is 2.26. The average Bonchev–Trinajstić information content (AvgIpc) is 3.19. The van der Waals surface area contributed by atoms with Crippen molar-refractivity contribution in [3.05, 3.63) is 37.4 Å². The number of hydrogen-bond acceptors (Lipinski definition) is 4. The van der Waals surface area contributed by atoms with Crippen molar-refractivity contribution in [2.24, 2.45) is 11.7 Å². The molecule has 0 spiro atoms. The van der Waals surface area contributed by atoms with Crippen LogP contribution in [-0.2, 0) is 0 Å². The molecule has 0 aliphatic heterocycles. The van der Waals surface area contributed by atoms with E-state index < -0.39 is 4.92 Å². The lowest BCUT2D eigenvalue weighted by Crippen LogP contribution is -2.38. The molecule has 0 heterocycles. The molecule has 1 saturated carbocycles. The lowest BCUT2D eigenvalue weighted by Gasteiger charge is -2.12. The van der Waals surface area contributed by atoms with Gasteiger partial charge in [0.25, 0.3) is 11.6 Å². The molecule has 1 aromatic carbocycles. The molecular formula is C12H15ClIN3O3. The van der Waals surface area contributed by atoms with Crippen LogP contribution in [0.25, 0.3) is 0 Å². The highest BCUT2D eigenvalue weighted by Gasteiger charge is 2.28. The monoisotopic (exact) mass is 411 g/mol. The fraction of sp³-hybridized carbons (Fsp3) is 0.417. The molecule has 0 saturated heterocycles. The molecule has 0 aromatic heterocycles. The predicted octanol–water partition coefficient (Wildman–Crippen LogP) is 2.09. The van der Waals surface area contributed by atoms with Crippen molar-refractivity contribution in [1.82, 2.24) is 5.32 Å². The van der Waals surface area contributed by atoms with Gasteiger partial charge in [0, 0.05) is 28.3 Å². The minimum absolute atomic E-state index is 0. The quantitative estimate of drug-likeness (QED) is 0.440. The van der Waals surface area contributed by atoms with Gasteiger partial charge < -0.3 is 11.1 Å². The van der Waals surface area contributed by atoms with Crippen molar-refractivity contribution in [3.63, 3.8) is 0 Å². The first-order chi connectivity index (χ1) is 8.99. The van der Waals surface area contributed by atoms with Gasteiger partial charge in [-0.2, -0.15) is 0 Å². The van der Waals surface area contributed by atoms with Gasteiger partial charge in [-0.1, -0.05) is 0 Å². The summed E-state index contributed by atoms with van der Waals surface area (Å²) in [7, 11) is 0. The summed E-state index contributed by atoms with van der Waals surface area (Å²) in [6, 6.07) is 4.19. The van der Waals surface area contributed by atoms with Crippen molar-refractivity contribution in [3.8, 4) is 0 Å². The minimum Gasteiger partial charge on any atom is -0.350 e. The van der Waals surface area contributed by atoms with E-state index in [1.807, 2.05) is 22.6 Å². The van der Waals surface area contributed by atoms with Gasteiger partial charge >= 0.3 is 0 Å². The zero-order valence-corrected chi connectivity index (χ0v) is 13.5. The first-order valence-electron chi connectivity index (χ1n) is 5.96. The molecule has 2 rings (SSSR count). The third-order valence-corrected chi connectivity index (χ3v) is 4.03. The third kappa shape index (κ3) is 4.29. The maximum atomic E-state index is 12.0. The van der Waals surface area contributed by atoms with E-state index >= 15 is 0 Å². The first-order valence-corrected chi connectivity index (χ1v) is 7.04. The van der Waals surface area contributed by atoms with Gasteiger partial charge in [0.15, 0.2) is 0 Å². The summed E-state index contributed by atoms with van der Waals surface area (Å²) >= 11 is 1.92. The van der Waals surface area contributed by atoms with Gasteiger partial charge in [0.05, 0.1) is 10.5 Å². The van der Waals surface area contributed by atoms with Crippen LogP contribution in [-0.4, -0.2) is 23.4 Å². The largest absolute Gasteiger partial charge is 0.350 e. The van der Waals surface area contributed by atoms with Crippen LogP contribution in [0.15, 0.2) is 18.2 Å². The number of benzene rings is 1. The standard InChI is InChI=1S/C12H14IN3O3.ClH/c13-10-5-8(16(18)19)3-4-9(10)12(17)15-6-11(14)7-1-2-7;/h3-5,7,11H,1-2,6,14H2,(H,15,17);1H. The van der Waals surface area contributed by atoms with Crippen LogP contribution in [0, 0.1) is 19.6 Å². The van der Waals surface area contributed by atoms with Gasteiger partial charge in [0.1, 0.15) is 0 Å². The number of nitro groups is 1. The average molecular weight is 412 g/mol. The molecule has 20 heavy (non-hydrogen) atoms. The molecule has 1 aliphatic carbocycles. The molecule has 3 N–H and O–H groups in total. The normalized spacial score (nSPS) is 15.1. The maximum Gasteiger partial charge on any atom is 0.270 e. The highest BCUT2D eigenvalue weighted by atomic mass is 127. The molecule has 1 fully saturated rings. The first kappa shape index (κ1) is 17.1. The summed E-state index contributed by atoms with van der Waals surface area (Å²) in [5, 5.41) is 13.4. The smallest absolute Gasteiger partial charge is 0.270 e. The molecule has 1 unspecified atom stereocenters. The van der Waals surface area contributed by atoms with Gasteiger partial charge in [0.2, 0.25) is 0 Å². The van der Waals surface area contributed by atoms with E-state index in [1.54, 1.807) is 0 Å². The van der Waals surface area contributed by atoms with Gasteiger partial charge in [-0.05, 0) is 47.4 Å². The van der Waals surface area contributed by atoms with Crippen molar-refractivity contribution in [2.75, 3.05) is 6.54 Å². The second kappa shape index (κ2) is 7.19. The highest BCUT2D eigenvalue weighted by Crippen LogP contribution is 2.31. The number of rotatable bonds is 5. The van der Waals surface area contributed by atoms with Gasteiger partial charge in [-0.3, -0.25) is 14.9 Å². The van der Waals surface area contributed by atoms with Gasteiger partial charge in [-0.15, -0.1) is 12.4 Å². The number of nitrogens with one attached hydrogen (secondary N) is 1. The summed E-state index contributed by atoms with van der Waals surface area (Å²) < 4.78 is 0.560. The number of carbonyl (C=O) groups excluding carboxylic acids is 1. The Labute approximate surface area is 136 Å². The van der Waals surface area contributed by atoms with Gasteiger partial charge in [-0.25, -0.2) is 0 Å². The van der Waals surface area contributed by atoms with Crippen molar-refractivity contribution < 1.29 is 9.72 Å². The summed E-state index contributed by atoms with van der Waals surface area (Å²) in [4.78, 5) is 22.1. The van der Waals surface area contributed by atoms with Crippen LogP contribution >= 0.6 is 35.0 Å². The van der Waals surface area contributed by atoms with E-state index in [-0.39, 0.29) is 30.0 Å². The summed E-state index contributed by atoms with van der Waals surface area (Å²) in [6.45, 7) is 0.441. The van der Waals surface area contributed by atoms with E-state index in [9.17, 15) is 14.9 Å². The minimum atomic E-state index is -0.479. The molecule has 1 atom stereocenters. The Balaban J connectivity index is 0.00000200. The lowest BCUT2D eigenvalue weighted by molar-refractivity contribution is -0.384. The zero-order valence-electron chi connectivity index (χ0n) is 10.5. The van der Waals surface area contributed by atoms with E-state index in [0.29, 0.717) is 21.6 Å². The number of nitrogens with zero attached hydrogens (tertiary/aromatic N) is 1. The number of nitrogens with two attached hydrogens (primary N) is 1. The fourth-order valence-electron chi connectivity index (χ4n) is 1.80. The van der Waals surface area contributed by atoms with Crippen LogP contribution in [0.5, 0.6) is 0 Å². The molecule has 0 radical (unpaired) electrons. The Morgan fingerprint density at radius 1 is 1.55 bits per heavy atom. The van der Waals surface area contributed by atoms with Crippen molar-refractivity contribution >= 4 is 46.6 Å². The molecule has 110 valence electrons. The predicted molar refractivity (Wildman–Crippen MR) is 86.1 cm³/mol.